The van der Waals surface area contributed by atoms with Crippen LogP contribution in [0.4, 0.5) is 0 Å². The topological polar surface area (TPSA) is 70.0 Å². The quantitative estimate of drug-likeness (QED) is 0.365. The molecule has 5 rings (SSSR count). The minimum atomic E-state index is -0.0210. The first-order valence-electron chi connectivity index (χ1n) is 10.3. The highest BCUT2D eigenvalue weighted by Crippen LogP contribution is 2.24. The van der Waals surface area contributed by atoms with Crippen molar-refractivity contribution in [3.63, 3.8) is 0 Å². The first-order valence-corrected chi connectivity index (χ1v) is 11.3. The molecule has 0 aliphatic heterocycles. The Hall–Kier alpha value is -3.39. The zero-order valence-corrected chi connectivity index (χ0v) is 18.0. The predicted molar refractivity (Wildman–Crippen MR) is 122 cm³/mol. The van der Waals surface area contributed by atoms with E-state index in [0.717, 1.165) is 29.5 Å². The molecule has 0 amide bonds. The molecule has 0 N–H and O–H groups in total. The van der Waals surface area contributed by atoms with E-state index in [-0.39, 0.29) is 5.56 Å². The molecule has 0 fully saturated rings. The number of nitrogens with zero attached hydrogens (tertiary/aromatic N) is 6. The van der Waals surface area contributed by atoms with Crippen LogP contribution < -0.4 is 5.56 Å². The Labute approximate surface area is 183 Å². The lowest BCUT2D eigenvalue weighted by Crippen LogP contribution is -2.23. The Bertz CT molecular complexity index is 1400. The number of fused-ring (bicyclic) bond motifs is 3. The summed E-state index contributed by atoms with van der Waals surface area (Å²) in [5, 5.41) is 10.2. The summed E-state index contributed by atoms with van der Waals surface area (Å²) in [7, 11) is 0. The maximum absolute atomic E-state index is 13.0. The fraction of sp³-hybridized carbons (Fsp3) is 0.217. The smallest absolute Gasteiger partial charge is 0.262 e. The highest BCUT2D eigenvalue weighted by Gasteiger charge is 2.17. The molecule has 0 saturated carbocycles. The van der Waals surface area contributed by atoms with Crippen LogP contribution >= 0.6 is 11.8 Å². The lowest BCUT2D eigenvalue weighted by Gasteiger charge is -2.11. The van der Waals surface area contributed by atoms with Crippen molar-refractivity contribution < 1.29 is 0 Å². The number of benzene rings is 2. The van der Waals surface area contributed by atoms with Crippen LogP contribution in [-0.4, -0.2) is 28.7 Å². The van der Waals surface area contributed by atoms with Gasteiger partial charge in [0, 0.05) is 25.5 Å². The number of hydrogen-bond acceptors (Lipinski definition) is 5. The molecular weight excluding hydrogens is 408 g/mol. The molecule has 0 radical (unpaired) electrons. The van der Waals surface area contributed by atoms with Crippen molar-refractivity contribution in [1.82, 2.24) is 28.7 Å². The van der Waals surface area contributed by atoms with Gasteiger partial charge >= 0.3 is 0 Å². The molecule has 5 aromatic rings. The van der Waals surface area contributed by atoms with Crippen LogP contribution in [0.2, 0.25) is 0 Å². The first kappa shape index (κ1) is 19.6. The molecular formula is C23H22N6OS. The highest BCUT2D eigenvalue weighted by atomic mass is 32.2. The molecule has 0 atom stereocenters. The van der Waals surface area contributed by atoms with Gasteiger partial charge < -0.3 is 4.57 Å². The fourth-order valence-electron chi connectivity index (χ4n) is 3.79. The zero-order chi connectivity index (χ0) is 21.2. The summed E-state index contributed by atoms with van der Waals surface area (Å²) < 4.78 is 5.86. The lowest BCUT2D eigenvalue weighted by atomic mass is 10.2. The van der Waals surface area contributed by atoms with Gasteiger partial charge in [0.15, 0.2) is 5.16 Å². The van der Waals surface area contributed by atoms with Gasteiger partial charge in [-0.2, -0.15) is 0 Å². The number of aryl methyl sites for hydroxylation is 1. The van der Waals surface area contributed by atoms with Crippen molar-refractivity contribution in [2.45, 2.75) is 37.3 Å². The number of imidazole rings is 1. The maximum atomic E-state index is 13.0. The highest BCUT2D eigenvalue weighted by molar-refractivity contribution is 7.98. The molecule has 0 aliphatic carbocycles. The van der Waals surface area contributed by atoms with Gasteiger partial charge in [-0.25, -0.2) is 4.98 Å². The molecule has 7 nitrogen and oxygen atoms in total. The van der Waals surface area contributed by atoms with Gasteiger partial charge in [-0.3, -0.25) is 13.8 Å². The van der Waals surface area contributed by atoms with E-state index in [0.29, 0.717) is 23.5 Å². The Kier molecular flexibility index (Phi) is 5.30. The Morgan fingerprint density at radius 1 is 1.00 bits per heavy atom. The van der Waals surface area contributed by atoms with Crippen molar-refractivity contribution >= 4 is 28.4 Å². The minimum Gasteiger partial charge on any atom is -0.330 e. The standard InChI is InChI=1S/C23H22N6OS/c1-2-13-28-21(30)18-10-6-7-11-19(18)29-22(28)25-26-23(29)31-16-20-24-12-14-27(20)15-17-8-4-3-5-9-17/h3-12,14H,2,13,15-16H2,1H3. The normalized spacial score (nSPS) is 11.5. The van der Waals surface area contributed by atoms with Crippen LogP contribution in [0.1, 0.15) is 24.7 Å². The van der Waals surface area contributed by atoms with Gasteiger partial charge in [0.1, 0.15) is 5.82 Å². The number of para-hydroxylation sites is 1. The maximum Gasteiger partial charge on any atom is 0.262 e. The summed E-state index contributed by atoms with van der Waals surface area (Å²) in [6.07, 6.45) is 4.67. The molecule has 2 aromatic carbocycles. The summed E-state index contributed by atoms with van der Waals surface area (Å²) >= 11 is 1.58. The largest absolute Gasteiger partial charge is 0.330 e. The molecule has 31 heavy (non-hydrogen) atoms. The van der Waals surface area contributed by atoms with E-state index in [4.69, 9.17) is 0 Å². The SMILES string of the molecule is CCCn1c(=O)c2ccccc2n2c(SCc3nccn3Cc3ccccc3)nnc12. The number of thioether (sulfide) groups is 1. The third kappa shape index (κ3) is 3.63. The second-order valence-electron chi connectivity index (χ2n) is 7.34. The van der Waals surface area contributed by atoms with Crippen LogP contribution in [0.15, 0.2) is 76.9 Å². The first-order chi connectivity index (χ1) is 15.3. The zero-order valence-electron chi connectivity index (χ0n) is 17.2. The minimum absolute atomic E-state index is 0.0210. The molecule has 156 valence electrons. The molecule has 0 aliphatic rings. The number of rotatable bonds is 7. The molecule has 0 spiro atoms. The molecule has 0 saturated heterocycles. The Morgan fingerprint density at radius 3 is 2.65 bits per heavy atom. The van der Waals surface area contributed by atoms with Crippen molar-refractivity contribution in [2.75, 3.05) is 0 Å². The molecule has 3 aromatic heterocycles. The van der Waals surface area contributed by atoms with Crippen molar-refractivity contribution in [2.24, 2.45) is 0 Å². The molecule has 0 bridgehead atoms. The van der Waals surface area contributed by atoms with E-state index in [1.165, 1.54) is 5.56 Å². The summed E-state index contributed by atoms with van der Waals surface area (Å²) in [5.41, 5.74) is 2.04. The summed E-state index contributed by atoms with van der Waals surface area (Å²) in [6.45, 7) is 3.43. The summed E-state index contributed by atoms with van der Waals surface area (Å²) in [5.74, 6) is 2.21. The van der Waals surface area contributed by atoms with Crippen molar-refractivity contribution in [3.05, 3.63) is 88.7 Å². The van der Waals surface area contributed by atoms with Gasteiger partial charge in [0.05, 0.1) is 16.7 Å². The van der Waals surface area contributed by atoms with E-state index < -0.39 is 0 Å². The number of hydrogen-bond donors (Lipinski definition) is 0. The molecule has 3 heterocycles. The van der Waals surface area contributed by atoms with Crippen LogP contribution in [-0.2, 0) is 18.8 Å². The van der Waals surface area contributed by atoms with E-state index in [2.05, 4.69) is 38.8 Å². The summed E-state index contributed by atoms with van der Waals surface area (Å²) in [6, 6.07) is 18.0. The fourth-order valence-corrected chi connectivity index (χ4v) is 4.69. The Balaban J connectivity index is 1.50. The van der Waals surface area contributed by atoms with Gasteiger partial charge in [0.25, 0.3) is 5.56 Å². The van der Waals surface area contributed by atoms with E-state index in [1.54, 1.807) is 16.3 Å². The Morgan fingerprint density at radius 2 is 1.81 bits per heavy atom. The van der Waals surface area contributed by atoms with Crippen molar-refractivity contribution in [1.29, 1.82) is 0 Å². The predicted octanol–water partition coefficient (Wildman–Crippen LogP) is 3.99. The molecule has 0 unspecified atom stereocenters. The third-order valence-corrected chi connectivity index (χ3v) is 6.18. The van der Waals surface area contributed by atoms with Crippen LogP contribution in [0.3, 0.4) is 0 Å². The van der Waals surface area contributed by atoms with E-state index in [1.807, 2.05) is 59.3 Å². The molecule has 8 heteroatoms. The van der Waals surface area contributed by atoms with Crippen LogP contribution in [0, 0.1) is 0 Å². The summed E-state index contributed by atoms with van der Waals surface area (Å²) in [4.78, 5) is 17.5. The third-order valence-electron chi connectivity index (χ3n) is 5.25. The van der Waals surface area contributed by atoms with Gasteiger partial charge in [-0.1, -0.05) is 61.2 Å². The van der Waals surface area contributed by atoms with Gasteiger partial charge in [-0.05, 0) is 24.1 Å². The second-order valence-corrected chi connectivity index (χ2v) is 8.28. The number of aromatic nitrogens is 6. The van der Waals surface area contributed by atoms with Crippen LogP contribution in [0.25, 0.3) is 16.7 Å². The monoisotopic (exact) mass is 430 g/mol. The van der Waals surface area contributed by atoms with Gasteiger partial charge in [-0.15, -0.1) is 10.2 Å². The van der Waals surface area contributed by atoms with Crippen LogP contribution in [0.5, 0.6) is 0 Å². The van der Waals surface area contributed by atoms with E-state index in [9.17, 15) is 4.79 Å². The van der Waals surface area contributed by atoms with Gasteiger partial charge in [0.2, 0.25) is 5.78 Å². The lowest BCUT2D eigenvalue weighted by molar-refractivity contribution is 0.662. The van der Waals surface area contributed by atoms with Crippen molar-refractivity contribution in [3.8, 4) is 0 Å². The second kappa shape index (κ2) is 8.39. The van der Waals surface area contributed by atoms with E-state index >= 15 is 0 Å². The average molecular weight is 431 g/mol. The average Bonchev–Trinajstić information content (AvgIpc) is 3.43.